The lowest BCUT2D eigenvalue weighted by Gasteiger charge is -2.17. The number of carbonyl (C=O) groups is 1. The molecule has 1 heterocycles. The highest BCUT2D eigenvalue weighted by Gasteiger charge is 2.16. The van der Waals surface area contributed by atoms with Crippen LogP contribution in [-0.4, -0.2) is 17.7 Å². The van der Waals surface area contributed by atoms with Gasteiger partial charge in [0, 0.05) is 6.42 Å². The van der Waals surface area contributed by atoms with Crippen molar-refractivity contribution >= 4 is 16.9 Å². The minimum absolute atomic E-state index is 0.0736. The van der Waals surface area contributed by atoms with Crippen LogP contribution in [0.2, 0.25) is 0 Å². The van der Waals surface area contributed by atoms with Gasteiger partial charge < -0.3 is 14.3 Å². The molecular formula is C22H22O5. The van der Waals surface area contributed by atoms with E-state index in [2.05, 4.69) is 0 Å². The summed E-state index contributed by atoms with van der Waals surface area (Å²) in [5.74, 6) is -0.458. The zero-order valence-electron chi connectivity index (χ0n) is 15.6. The third-order valence-corrected chi connectivity index (χ3v) is 4.08. The maximum absolute atomic E-state index is 12.2. The summed E-state index contributed by atoms with van der Waals surface area (Å²) in [5.41, 5.74) is 1.09. The zero-order chi connectivity index (χ0) is 19.6. The van der Waals surface area contributed by atoms with Gasteiger partial charge >= 0.3 is 11.6 Å². The Morgan fingerprint density at radius 3 is 2.41 bits per heavy atom. The van der Waals surface area contributed by atoms with E-state index in [4.69, 9.17) is 9.15 Å². The molecule has 140 valence electrons. The van der Waals surface area contributed by atoms with Crippen molar-refractivity contribution in [2.75, 3.05) is 6.61 Å². The molecule has 2 aromatic carbocycles. The van der Waals surface area contributed by atoms with Crippen LogP contribution in [0.15, 0.2) is 57.7 Å². The Hall–Kier alpha value is -3.08. The van der Waals surface area contributed by atoms with E-state index in [9.17, 15) is 14.7 Å². The fourth-order valence-corrected chi connectivity index (χ4v) is 2.66. The molecule has 0 aliphatic carbocycles. The van der Waals surface area contributed by atoms with Crippen LogP contribution in [-0.2, 0) is 11.2 Å². The summed E-state index contributed by atoms with van der Waals surface area (Å²) >= 11 is 0. The second kappa shape index (κ2) is 7.27. The molecule has 0 aliphatic heterocycles. The van der Waals surface area contributed by atoms with E-state index in [0.717, 1.165) is 5.56 Å². The van der Waals surface area contributed by atoms with Crippen LogP contribution in [0.5, 0.6) is 5.75 Å². The van der Waals surface area contributed by atoms with Crippen molar-refractivity contribution < 1.29 is 19.1 Å². The highest BCUT2D eigenvalue weighted by atomic mass is 16.5. The summed E-state index contributed by atoms with van der Waals surface area (Å²) in [6.07, 6.45) is 0.205. The van der Waals surface area contributed by atoms with Crippen molar-refractivity contribution in [2.24, 2.45) is 5.41 Å². The van der Waals surface area contributed by atoms with Crippen molar-refractivity contribution in [3.8, 4) is 5.75 Å². The molecule has 0 spiro atoms. The number of para-hydroxylation sites is 1. The number of aromatic hydroxyl groups is 1. The summed E-state index contributed by atoms with van der Waals surface area (Å²) in [7, 11) is 0. The summed E-state index contributed by atoms with van der Waals surface area (Å²) in [4.78, 5) is 24.3. The van der Waals surface area contributed by atoms with E-state index in [-0.39, 0.29) is 29.1 Å². The fourth-order valence-electron chi connectivity index (χ4n) is 2.66. The largest absolute Gasteiger partial charge is 0.507 e. The van der Waals surface area contributed by atoms with Crippen molar-refractivity contribution in [1.82, 2.24) is 0 Å². The lowest BCUT2D eigenvalue weighted by Crippen LogP contribution is -2.18. The number of esters is 1. The lowest BCUT2D eigenvalue weighted by atomic mass is 9.98. The SMILES string of the molecule is CC(C)(C)COC(=O)c1ccc(Cc2c(O)c3ccccc3oc2=O)cc1. The molecule has 0 fully saturated rings. The number of fused-ring (bicyclic) bond motifs is 1. The summed E-state index contributed by atoms with van der Waals surface area (Å²) in [6, 6.07) is 13.6. The molecule has 0 unspecified atom stereocenters. The monoisotopic (exact) mass is 366 g/mol. The number of hydrogen-bond acceptors (Lipinski definition) is 5. The van der Waals surface area contributed by atoms with Gasteiger partial charge in [-0.15, -0.1) is 0 Å². The predicted octanol–water partition coefficient (Wildman–Crippen LogP) is 4.29. The van der Waals surface area contributed by atoms with Crippen LogP contribution in [0.3, 0.4) is 0 Å². The third kappa shape index (κ3) is 4.37. The van der Waals surface area contributed by atoms with Crippen LogP contribution in [0, 0.1) is 5.41 Å². The average Bonchev–Trinajstić information content (AvgIpc) is 2.63. The summed E-state index contributed by atoms with van der Waals surface area (Å²) in [6.45, 7) is 6.31. The van der Waals surface area contributed by atoms with Gasteiger partial charge in [-0.1, -0.05) is 45.0 Å². The first-order chi connectivity index (χ1) is 12.7. The molecule has 0 saturated heterocycles. The molecule has 0 atom stereocenters. The molecule has 0 aliphatic rings. The van der Waals surface area contributed by atoms with Gasteiger partial charge in [0.05, 0.1) is 23.1 Å². The van der Waals surface area contributed by atoms with Crippen LogP contribution < -0.4 is 5.63 Å². The first kappa shape index (κ1) is 18.7. The summed E-state index contributed by atoms with van der Waals surface area (Å²) < 4.78 is 10.6. The number of hydrogen-bond donors (Lipinski definition) is 1. The van der Waals surface area contributed by atoms with Crippen LogP contribution >= 0.6 is 0 Å². The van der Waals surface area contributed by atoms with E-state index >= 15 is 0 Å². The van der Waals surface area contributed by atoms with Gasteiger partial charge in [-0.3, -0.25) is 0 Å². The first-order valence-corrected chi connectivity index (χ1v) is 8.74. The Morgan fingerprint density at radius 2 is 1.74 bits per heavy atom. The maximum atomic E-state index is 12.2. The highest BCUT2D eigenvalue weighted by molar-refractivity contribution is 5.89. The molecule has 1 aromatic heterocycles. The predicted molar refractivity (Wildman–Crippen MR) is 103 cm³/mol. The van der Waals surface area contributed by atoms with Gasteiger partial charge in [0.1, 0.15) is 11.3 Å². The van der Waals surface area contributed by atoms with Gasteiger partial charge in [-0.25, -0.2) is 9.59 Å². The van der Waals surface area contributed by atoms with Gasteiger partial charge in [0.2, 0.25) is 0 Å². The molecule has 0 bridgehead atoms. The van der Waals surface area contributed by atoms with Gasteiger partial charge in [0.15, 0.2) is 0 Å². The Morgan fingerprint density at radius 1 is 1.07 bits per heavy atom. The minimum atomic E-state index is -0.570. The molecule has 5 nitrogen and oxygen atoms in total. The van der Waals surface area contributed by atoms with Crippen LogP contribution in [0.25, 0.3) is 11.0 Å². The van der Waals surface area contributed by atoms with E-state index < -0.39 is 5.63 Å². The van der Waals surface area contributed by atoms with Crippen molar-refractivity contribution in [1.29, 1.82) is 0 Å². The molecule has 0 saturated carbocycles. The molecule has 3 aromatic rings. The summed E-state index contributed by atoms with van der Waals surface area (Å²) in [5, 5.41) is 10.9. The number of rotatable bonds is 4. The molecule has 0 radical (unpaired) electrons. The quantitative estimate of drug-likeness (QED) is 0.550. The second-order valence-corrected chi connectivity index (χ2v) is 7.72. The number of carbonyl (C=O) groups excluding carboxylic acids is 1. The molecule has 27 heavy (non-hydrogen) atoms. The number of ether oxygens (including phenoxy) is 1. The standard InChI is InChI=1S/C22H22O5/c1-22(2,3)13-26-20(24)15-10-8-14(9-11-15)12-17-19(23)16-6-4-5-7-18(16)27-21(17)25/h4-11,23H,12-13H2,1-3H3. The van der Waals surface area contributed by atoms with Crippen molar-refractivity contribution in [3.63, 3.8) is 0 Å². The molecule has 5 heteroatoms. The van der Waals surface area contributed by atoms with Crippen molar-refractivity contribution in [2.45, 2.75) is 27.2 Å². The highest BCUT2D eigenvalue weighted by Crippen LogP contribution is 2.27. The van der Waals surface area contributed by atoms with Crippen LogP contribution in [0.1, 0.15) is 42.3 Å². The topological polar surface area (TPSA) is 76.7 Å². The Kier molecular flexibility index (Phi) is 5.04. The lowest BCUT2D eigenvalue weighted by molar-refractivity contribution is 0.0367. The number of benzene rings is 2. The average molecular weight is 366 g/mol. The van der Waals surface area contributed by atoms with Crippen LogP contribution in [0.4, 0.5) is 0 Å². The van der Waals surface area contributed by atoms with E-state index in [1.165, 1.54) is 0 Å². The maximum Gasteiger partial charge on any atom is 0.343 e. The van der Waals surface area contributed by atoms with Crippen molar-refractivity contribution in [3.05, 3.63) is 75.6 Å². The molecule has 3 rings (SSSR count). The third-order valence-electron chi connectivity index (χ3n) is 4.08. The Balaban J connectivity index is 1.80. The van der Waals surface area contributed by atoms with E-state index in [0.29, 0.717) is 23.1 Å². The zero-order valence-corrected chi connectivity index (χ0v) is 15.6. The van der Waals surface area contributed by atoms with Gasteiger partial charge in [-0.2, -0.15) is 0 Å². The Bertz CT molecular complexity index is 1020. The normalized spacial score (nSPS) is 11.5. The van der Waals surface area contributed by atoms with E-state index in [1.54, 1.807) is 48.5 Å². The second-order valence-electron chi connectivity index (χ2n) is 7.72. The fraction of sp³-hybridized carbons (Fsp3) is 0.273. The molecule has 1 N–H and O–H groups in total. The van der Waals surface area contributed by atoms with E-state index in [1.807, 2.05) is 20.8 Å². The Labute approximate surface area is 157 Å². The van der Waals surface area contributed by atoms with Gasteiger partial charge in [0.25, 0.3) is 0 Å². The van der Waals surface area contributed by atoms with Gasteiger partial charge in [-0.05, 0) is 35.2 Å². The smallest absolute Gasteiger partial charge is 0.343 e. The first-order valence-electron chi connectivity index (χ1n) is 8.74. The minimum Gasteiger partial charge on any atom is -0.507 e. The molecular weight excluding hydrogens is 344 g/mol. The molecule has 0 amide bonds.